The first-order valence-corrected chi connectivity index (χ1v) is 7.12. The van der Waals surface area contributed by atoms with Gasteiger partial charge < -0.3 is 10.6 Å². The largest absolute Gasteiger partial charge is 0.364 e. The molecule has 4 heteroatoms. The Hall–Kier alpha value is -1.03. The summed E-state index contributed by atoms with van der Waals surface area (Å²) in [5.74, 6) is 2.23. The highest BCUT2D eigenvalue weighted by Crippen LogP contribution is 2.28. The van der Waals surface area contributed by atoms with Crippen LogP contribution in [0.1, 0.15) is 51.3 Å². The van der Waals surface area contributed by atoms with Crippen molar-refractivity contribution in [3.05, 3.63) is 11.3 Å². The number of nitrogens with zero attached hydrogens (tertiary/aromatic N) is 1. The standard InChI is InChI=1S/C14H26N4/c1-9(2)7-12-13(10(3)4)14(18-17-12)16-11-5-6-15-8-11/h9-11,15H,5-8H2,1-4H3,(H2,16,17,18). The van der Waals surface area contributed by atoms with Gasteiger partial charge in [0.1, 0.15) is 0 Å². The lowest BCUT2D eigenvalue weighted by Gasteiger charge is -2.15. The van der Waals surface area contributed by atoms with Crippen LogP contribution in [0.3, 0.4) is 0 Å². The molecule has 1 unspecified atom stereocenters. The van der Waals surface area contributed by atoms with Gasteiger partial charge in [-0.05, 0) is 31.2 Å². The Morgan fingerprint density at radius 1 is 1.33 bits per heavy atom. The lowest BCUT2D eigenvalue weighted by Crippen LogP contribution is -2.23. The van der Waals surface area contributed by atoms with Gasteiger partial charge in [0.2, 0.25) is 0 Å². The first-order valence-electron chi connectivity index (χ1n) is 7.12. The highest BCUT2D eigenvalue weighted by Gasteiger charge is 2.21. The van der Waals surface area contributed by atoms with Crippen LogP contribution in [-0.4, -0.2) is 29.3 Å². The first kappa shape index (κ1) is 13.4. The molecule has 1 saturated heterocycles. The minimum Gasteiger partial charge on any atom is -0.364 e. The fraction of sp³-hybridized carbons (Fsp3) is 0.786. The number of hydrogen-bond donors (Lipinski definition) is 3. The smallest absolute Gasteiger partial charge is 0.151 e. The van der Waals surface area contributed by atoms with Crippen LogP contribution in [0.5, 0.6) is 0 Å². The molecule has 1 fully saturated rings. The van der Waals surface area contributed by atoms with Gasteiger partial charge in [0.25, 0.3) is 0 Å². The van der Waals surface area contributed by atoms with E-state index in [0.717, 1.165) is 25.3 Å². The Balaban J connectivity index is 2.15. The lowest BCUT2D eigenvalue weighted by molar-refractivity contribution is 0.626. The molecule has 0 radical (unpaired) electrons. The summed E-state index contributed by atoms with van der Waals surface area (Å²) >= 11 is 0. The normalized spacial score (nSPS) is 20.0. The quantitative estimate of drug-likeness (QED) is 0.752. The van der Waals surface area contributed by atoms with E-state index in [1.165, 1.54) is 17.7 Å². The van der Waals surface area contributed by atoms with E-state index in [0.29, 0.717) is 17.9 Å². The van der Waals surface area contributed by atoms with Gasteiger partial charge in [0, 0.05) is 23.8 Å². The average molecular weight is 250 g/mol. The number of anilines is 1. The molecular weight excluding hydrogens is 224 g/mol. The van der Waals surface area contributed by atoms with Gasteiger partial charge in [-0.2, -0.15) is 5.10 Å². The molecule has 1 aromatic rings. The van der Waals surface area contributed by atoms with Crippen LogP contribution in [0.25, 0.3) is 0 Å². The number of rotatable bonds is 5. The van der Waals surface area contributed by atoms with Crippen molar-refractivity contribution in [3.63, 3.8) is 0 Å². The second-order valence-electron chi connectivity index (χ2n) is 6.05. The van der Waals surface area contributed by atoms with E-state index in [9.17, 15) is 0 Å². The molecule has 1 atom stereocenters. The Kier molecular flexibility index (Phi) is 4.27. The second kappa shape index (κ2) is 5.74. The average Bonchev–Trinajstić information content (AvgIpc) is 2.88. The summed E-state index contributed by atoms with van der Waals surface area (Å²) in [6.45, 7) is 11.1. The molecule has 0 saturated carbocycles. The lowest BCUT2D eigenvalue weighted by atomic mass is 9.97. The van der Waals surface area contributed by atoms with Crippen LogP contribution in [0.15, 0.2) is 0 Å². The van der Waals surface area contributed by atoms with E-state index >= 15 is 0 Å². The van der Waals surface area contributed by atoms with Crippen LogP contribution in [0, 0.1) is 5.92 Å². The van der Waals surface area contributed by atoms with Crippen molar-refractivity contribution in [2.24, 2.45) is 5.92 Å². The maximum atomic E-state index is 4.49. The van der Waals surface area contributed by atoms with E-state index in [1.807, 2.05) is 0 Å². The molecule has 4 nitrogen and oxygen atoms in total. The fourth-order valence-electron chi connectivity index (χ4n) is 2.65. The van der Waals surface area contributed by atoms with Crippen molar-refractivity contribution in [1.82, 2.24) is 15.5 Å². The predicted octanol–water partition coefficient (Wildman–Crippen LogP) is 2.51. The fourth-order valence-corrected chi connectivity index (χ4v) is 2.65. The van der Waals surface area contributed by atoms with Gasteiger partial charge in [-0.1, -0.05) is 27.7 Å². The maximum Gasteiger partial charge on any atom is 0.151 e. The minimum absolute atomic E-state index is 0.509. The number of aromatic amines is 1. The molecule has 1 aliphatic rings. The highest BCUT2D eigenvalue weighted by atomic mass is 15.2. The van der Waals surface area contributed by atoms with Crippen molar-refractivity contribution < 1.29 is 0 Å². The third-order valence-corrected chi connectivity index (χ3v) is 3.47. The van der Waals surface area contributed by atoms with Crippen molar-refractivity contribution in [2.75, 3.05) is 18.4 Å². The van der Waals surface area contributed by atoms with Crippen LogP contribution in [0.4, 0.5) is 5.82 Å². The zero-order valence-electron chi connectivity index (χ0n) is 12.0. The molecule has 0 aliphatic carbocycles. The monoisotopic (exact) mass is 250 g/mol. The van der Waals surface area contributed by atoms with Crippen LogP contribution in [0.2, 0.25) is 0 Å². The van der Waals surface area contributed by atoms with Crippen LogP contribution >= 0.6 is 0 Å². The van der Waals surface area contributed by atoms with Gasteiger partial charge in [-0.3, -0.25) is 5.10 Å². The summed E-state index contributed by atoms with van der Waals surface area (Å²) in [4.78, 5) is 0. The summed E-state index contributed by atoms with van der Waals surface area (Å²) in [5.41, 5.74) is 2.67. The molecular formula is C14H26N4. The maximum absolute atomic E-state index is 4.49. The zero-order valence-corrected chi connectivity index (χ0v) is 12.0. The van der Waals surface area contributed by atoms with Gasteiger partial charge >= 0.3 is 0 Å². The highest BCUT2D eigenvalue weighted by molar-refractivity contribution is 5.49. The second-order valence-corrected chi connectivity index (χ2v) is 6.05. The summed E-state index contributed by atoms with van der Waals surface area (Å²) in [6, 6.07) is 0.526. The molecule has 2 heterocycles. The van der Waals surface area contributed by atoms with Crippen LogP contribution in [-0.2, 0) is 6.42 Å². The number of hydrogen-bond acceptors (Lipinski definition) is 3. The Morgan fingerprint density at radius 2 is 2.11 bits per heavy atom. The molecule has 2 rings (SSSR count). The van der Waals surface area contributed by atoms with Crippen LogP contribution < -0.4 is 10.6 Å². The molecule has 18 heavy (non-hydrogen) atoms. The minimum atomic E-state index is 0.509. The Labute approximate surface area is 110 Å². The van der Waals surface area contributed by atoms with Gasteiger partial charge in [-0.15, -0.1) is 0 Å². The van der Waals surface area contributed by atoms with E-state index in [1.54, 1.807) is 0 Å². The third kappa shape index (κ3) is 3.05. The van der Waals surface area contributed by atoms with Crippen molar-refractivity contribution >= 4 is 5.82 Å². The summed E-state index contributed by atoms with van der Waals surface area (Å²) in [7, 11) is 0. The topological polar surface area (TPSA) is 52.7 Å². The molecule has 3 N–H and O–H groups in total. The molecule has 0 bridgehead atoms. The molecule has 1 aliphatic heterocycles. The third-order valence-electron chi connectivity index (χ3n) is 3.47. The van der Waals surface area contributed by atoms with Crippen molar-refractivity contribution in [2.45, 2.75) is 52.5 Å². The molecule has 0 aromatic carbocycles. The van der Waals surface area contributed by atoms with Gasteiger partial charge in [0.15, 0.2) is 5.82 Å². The number of nitrogens with one attached hydrogen (secondary N) is 3. The van der Waals surface area contributed by atoms with E-state index in [4.69, 9.17) is 0 Å². The summed E-state index contributed by atoms with van der Waals surface area (Å²) in [6.07, 6.45) is 2.26. The van der Waals surface area contributed by atoms with E-state index in [2.05, 4.69) is 48.5 Å². The van der Waals surface area contributed by atoms with Gasteiger partial charge in [-0.25, -0.2) is 0 Å². The zero-order chi connectivity index (χ0) is 13.1. The summed E-state index contributed by atoms with van der Waals surface area (Å²) in [5, 5.41) is 14.7. The SMILES string of the molecule is CC(C)Cc1[nH]nc(NC2CCNC2)c1C(C)C. The van der Waals surface area contributed by atoms with Crippen molar-refractivity contribution in [3.8, 4) is 0 Å². The number of H-pyrrole nitrogens is 1. The Morgan fingerprint density at radius 3 is 2.67 bits per heavy atom. The molecule has 0 amide bonds. The van der Waals surface area contributed by atoms with Gasteiger partial charge in [0.05, 0.1) is 0 Å². The first-order chi connectivity index (χ1) is 8.58. The number of aromatic nitrogens is 2. The molecule has 1 aromatic heterocycles. The van der Waals surface area contributed by atoms with E-state index < -0.39 is 0 Å². The summed E-state index contributed by atoms with van der Waals surface area (Å²) < 4.78 is 0. The Bertz CT molecular complexity index is 375. The predicted molar refractivity (Wildman–Crippen MR) is 76.1 cm³/mol. The van der Waals surface area contributed by atoms with Crippen molar-refractivity contribution in [1.29, 1.82) is 0 Å². The molecule has 0 spiro atoms. The molecule has 102 valence electrons. The van der Waals surface area contributed by atoms with E-state index in [-0.39, 0.29) is 0 Å².